The molecule has 10 heteroatoms. The molecule has 228 valence electrons. The molecule has 0 aliphatic rings. The molecule has 3 rings (SSSR count). The second kappa shape index (κ2) is 13.7. The van der Waals surface area contributed by atoms with E-state index in [0.29, 0.717) is 35.8 Å². The number of nitrogens with zero attached hydrogens (tertiary/aromatic N) is 2. The van der Waals surface area contributed by atoms with Gasteiger partial charge in [0.1, 0.15) is 11.6 Å². The molecule has 0 bridgehead atoms. The van der Waals surface area contributed by atoms with Crippen molar-refractivity contribution in [2.75, 3.05) is 13.1 Å². The molecule has 42 heavy (non-hydrogen) atoms. The fourth-order valence-corrected chi connectivity index (χ4v) is 4.66. The highest BCUT2D eigenvalue weighted by Gasteiger charge is 2.24. The first kappa shape index (κ1) is 33.1. The number of benzene rings is 2. The zero-order valence-electron chi connectivity index (χ0n) is 25.8. The number of ether oxygens (including phenoxy) is 1. The van der Waals surface area contributed by atoms with Crippen LogP contribution < -0.4 is 26.8 Å². The van der Waals surface area contributed by atoms with Crippen LogP contribution in [0.1, 0.15) is 70.2 Å². The zero-order chi connectivity index (χ0) is 31.2. The summed E-state index contributed by atoms with van der Waals surface area (Å²) in [7, 11) is 0. The average molecular weight is 597 g/mol. The number of carbonyl (C=O) groups excluding carboxylic acids is 2. The molecule has 6 N–H and O–H groups in total. The Bertz CT molecular complexity index is 1370. The maximum Gasteiger partial charge on any atom is 0.251 e. The fourth-order valence-electron chi connectivity index (χ4n) is 4.44. The van der Waals surface area contributed by atoms with Crippen LogP contribution in [0.3, 0.4) is 0 Å². The number of rotatable bonds is 12. The Morgan fingerprint density at radius 3 is 2.29 bits per heavy atom. The second-order valence-corrected chi connectivity index (χ2v) is 12.9. The van der Waals surface area contributed by atoms with Crippen LogP contribution in [0.25, 0.3) is 11.3 Å². The lowest BCUT2D eigenvalue weighted by Gasteiger charge is -2.23. The lowest BCUT2D eigenvalue weighted by molar-refractivity contribution is -0.125. The Balaban J connectivity index is 1.80. The Morgan fingerprint density at radius 1 is 1.07 bits per heavy atom. The molecule has 2 amide bonds. The van der Waals surface area contributed by atoms with Gasteiger partial charge in [-0.2, -0.15) is 0 Å². The van der Waals surface area contributed by atoms with Gasteiger partial charge in [0.15, 0.2) is 0 Å². The summed E-state index contributed by atoms with van der Waals surface area (Å²) >= 11 is 6.37. The second-order valence-electron chi connectivity index (χ2n) is 12.5. The van der Waals surface area contributed by atoms with Crippen molar-refractivity contribution in [3.8, 4) is 17.0 Å². The van der Waals surface area contributed by atoms with E-state index in [1.54, 1.807) is 32.0 Å². The van der Waals surface area contributed by atoms with Crippen molar-refractivity contribution in [3.05, 3.63) is 70.6 Å². The number of amides is 2. The quantitative estimate of drug-likeness (QED) is 0.244. The topological polar surface area (TPSA) is 137 Å². The van der Waals surface area contributed by atoms with Gasteiger partial charge in [-0.3, -0.25) is 9.59 Å². The largest absolute Gasteiger partial charge is 0.489 e. The molecular formula is C32H45ClN6O3. The lowest BCUT2D eigenvalue weighted by atomic mass is 9.95. The number of hydrogen-bond donors (Lipinski definition) is 4. The first-order chi connectivity index (χ1) is 19.6. The lowest BCUT2D eigenvalue weighted by Crippen LogP contribution is -2.53. The Morgan fingerprint density at radius 2 is 1.74 bits per heavy atom. The summed E-state index contributed by atoms with van der Waals surface area (Å²) in [6, 6.07) is 12.6. The third-order valence-electron chi connectivity index (χ3n) is 6.54. The maximum absolute atomic E-state index is 13.2. The maximum atomic E-state index is 13.2. The third-order valence-corrected chi connectivity index (χ3v) is 6.83. The molecule has 1 atom stereocenters. The molecule has 0 fully saturated rings. The fraction of sp³-hybridized carbons (Fsp3) is 0.469. The van der Waals surface area contributed by atoms with Gasteiger partial charge in [0.25, 0.3) is 5.91 Å². The SMILES string of the molecule is CC(C)Oc1ccc(C(=O)N[C@H](CNC(=O)C(C)(C)N)Cc2ccc(-c3cn(CCN)c(C(C)(C)C)n3)cc2)cc1Cl. The standard InChI is InChI=1S/C32H45ClN6O3/c1-20(2)42-27-13-12-23(17-25(27)33)28(40)37-24(18-36-30(41)32(6,7)35)16-21-8-10-22(11-9-21)26-19-39(15-14-34)29(38-26)31(3,4)5/h8-13,17,19-20,24H,14-16,18,34-35H2,1-7H3,(H,36,41)(H,37,40)/t24-/m0/s1. The van der Waals surface area contributed by atoms with Gasteiger partial charge in [-0.25, -0.2) is 4.98 Å². The van der Waals surface area contributed by atoms with Crippen molar-refractivity contribution in [2.24, 2.45) is 11.5 Å². The first-order valence-electron chi connectivity index (χ1n) is 14.3. The van der Waals surface area contributed by atoms with E-state index in [4.69, 9.17) is 32.8 Å². The number of halogens is 1. The van der Waals surface area contributed by atoms with Crippen LogP contribution in [0, 0.1) is 0 Å². The summed E-state index contributed by atoms with van der Waals surface area (Å²) in [6.45, 7) is 14.9. The van der Waals surface area contributed by atoms with Crippen molar-refractivity contribution in [3.63, 3.8) is 0 Å². The Hall–Kier alpha value is -3.40. The van der Waals surface area contributed by atoms with E-state index in [9.17, 15) is 9.59 Å². The summed E-state index contributed by atoms with van der Waals surface area (Å²) in [5.74, 6) is 0.881. The summed E-state index contributed by atoms with van der Waals surface area (Å²) in [4.78, 5) is 30.6. The van der Waals surface area contributed by atoms with Crippen molar-refractivity contribution in [1.82, 2.24) is 20.2 Å². The molecule has 2 aromatic carbocycles. The Kier molecular flexibility index (Phi) is 10.8. The van der Waals surface area contributed by atoms with Gasteiger partial charge < -0.3 is 31.4 Å². The van der Waals surface area contributed by atoms with Crippen LogP contribution in [0.2, 0.25) is 5.02 Å². The predicted octanol–water partition coefficient (Wildman–Crippen LogP) is 4.44. The number of hydrogen-bond acceptors (Lipinski definition) is 6. The number of imidazole rings is 1. The molecule has 1 aromatic heterocycles. The zero-order valence-corrected chi connectivity index (χ0v) is 26.5. The normalized spacial score (nSPS) is 12.7. The van der Waals surface area contributed by atoms with Gasteiger partial charge in [-0.1, -0.05) is 56.6 Å². The van der Waals surface area contributed by atoms with E-state index >= 15 is 0 Å². The van der Waals surface area contributed by atoms with Gasteiger partial charge in [-0.05, 0) is 57.9 Å². The van der Waals surface area contributed by atoms with Crippen molar-refractivity contribution in [1.29, 1.82) is 0 Å². The molecule has 0 radical (unpaired) electrons. The smallest absolute Gasteiger partial charge is 0.251 e. The minimum absolute atomic E-state index is 0.0458. The average Bonchev–Trinajstić information content (AvgIpc) is 3.32. The van der Waals surface area contributed by atoms with Crippen LogP contribution in [0.4, 0.5) is 0 Å². The van der Waals surface area contributed by atoms with E-state index in [1.807, 2.05) is 44.3 Å². The van der Waals surface area contributed by atoms with Gasteiger partial charge in [-0.15, -0.1) is 0 Å². The minimum atomic E-state index is -1.05. The highest BCUT2D eigenvalue weighted by atomic mass is 35.5. The number of carbonyl (C=O) groups is 2. The van der Waals surface area contributed by atoms with Gasteiger partial charge >= 0.3 is 0 Å². The molecule has 3 aromatic rings. The first-order valence-corrected chi connectivity index (χ1v) is 14.7. The number of nitrogens with one attached hydrogen (secondary N) is 2. The van der Waals surface area contributed by atoms with E-state index in [1.165, 1.54) is 0 Å². The van der Waals surface area contributed by atoms with E-state index in [-0.39, 0.29) is 29.9 Å². The van der Waals surface area contributed by atoms with Crippen LogP contribution >= 0.6 is 11.6 Å². The van der Waals surface area contributed by atoms with Crippen molar-refractivity contribution in [2.45, 2.75) is 84.5 Å². The summed E-state index contributed by atoms with van der Waals surface area (Å²) in [5.41, 5.74) is 13.9. The molecule has 0 spiro atoms. The number of aromatic nitrogens is 2. The van der Waals surface area contributed by atoms with E-state index in [0.717, 1.165) is 22.6 Å². The number of nitrogens with two attached hydrogens (primary N) is 2. The van der Waals surface area contributed by atoms with E-state index in [2.05, 4.69) is 36.0 Å². The summed E-state index contributed by atoms with van der Waals surface area (Å²) in [6.07, 6.45) is 2.47. The monoisotopic (exact) mass is 596 g/mol. The highest BCUT2D eigenvalue weighted by Crippen LogP contribution is 2.28. The highest BCUT2D eigenvalue weighted by molar-refractivity contribution is 6.32. The van der Waals surface area contributed by atoms with Crippen LogP contribution in [0.15, 0.2) is 48.7 Å². The van der Waals surface area contributed by atoms with Crippen LogP contribution in [-0.2, 0) is 23.2 Å². The molecule has 0 saturated carbocycles. The van der Waals surface area contributed by atoms with Crippen LogP contribution in [-0.4, -0.2) is 52.1 Å². The molecule has 0 aliphatic heterocycles. The molecule has 0 saturated heterocycles. The van der Waals surface area contributed by atoms with Crippen molar-refractivity contribution < 1.29 is 14.3 Å². The van der Waals surface area contributed by atoms with Gasteiger partial charge in [0.2, 0.25) is 5.91 Å². The molecular weight excluding hydrogens is 552 g/mol. The Labute approximate surface area is 254 Å². The molecule has 0 aliphatic carbocycles. The van der Waals surface area contributed by atoms with E-state index < -0.39 is 11.6 Å². The predicted molar refractivity (Wildman–Crippen MR) is 169 cm³/mol. The molecule has 1 heterocycles. The molecule has 9 nitrogen and oxygen atoms in total. The molecule has 0 unspecified atom stereocenters. The summed E-state index contributed by atoms with van der Waals surface area (Å²) in [5, 5.41) is 6.26. The van der Waals surface area contributed by atoms with Crippen LogP contribution in [0.5, 0.6) is 5.75 Å². The van der Waals surface area contributed by atoms with Gasteiger partial charge in [0.05, 0.1) is 28.4 Å². The summed E-state index contributed by atoms with van der Waals surface area (Å²) < 4.78 is 7.80. The third kappa shape index (κ3) is 9.05. The minimum Gasteiger partial charge on any atom is -0.489 e. The van der Waals surface area contributed by atoms with Crippen molar-refractivity contribution >= 4 is 23.4 Å². The van der Waals surface area contributed by atoms with Gasteiger partial charge in [0, 0.05) is 42.4 Å².